The lowest BCUT2D eigenvalue weighted by Gasteiger charge is -2.02. The van der Waals surface area contributed by atoms with Gasteiger partial charge in [-0.25, -0.2) is 9.78 Å². The van der Waals surface area contributed by atoms with Gasteiger partial charge in [0.15, 0.2) is 0 Å². The third kappa shape index (κ3) is 2.10. The Morgan fingerprint density at radius 2 is 2.05 bits per heavy atom. The normalized spacial score (nSPS) is 10.9. The molecule has 0 aliphatic heterocycles. The maximum atomic E-state index is 11.0. The van der Waals surface area contributed by atoms with Crippen molar-refractivity contribution in [3.63, 3.8) is 0 Å². The van der Waals surface area contributed by atoms with E-state index in [0.717, 1.165) is 21.4 Å². The number of fused-ring (bicyclic) bond motifs is 1. The summed E-state index contributed by atoms with van der Waals surface area (Å²) in [5.74, 6) is -0.134. The number of carboxylic acids is 1. The Labute approximate surface area is 123 Å². The Morgan fingerprint density at radius 3 is 2.75 bits per heavy atom. The van der Waals surface area contributed by atoms with Crippen LogP contribution in [0.15, 0.2) is 46.9 Å². The minimum atomic E-state index is -0.943. The van der Waals surface area contributed by atoms with E-state index in [1.54, 1.807) is 18.2 Å². The van der Waals surface area contributed by atoms with E-state index in [2.05, 4.69) is 20.9 Å². The first-order valence-electron chi connectivity index (χ1n) is 6.02. The Kier molecular flexibility index (Phi) is 3.06. The number of carbonyl (C=O) groups is 1. The summed E-state index contributed by atoms with van der Waals surface area (Å²) in [6.07, 6.45) is 0. The summed E-state index contributed by atoms with van der Waals surface area (Å²) in [6.45, 7) is 0. The third-order valence-corrected chi connectivity index (χ3v) is 3.70. The van der Waals surface area contributed by atoms with Crippen molar-refractivity contribution in [2.75, 3.05) is 0 Å². The maximum absolute atomic E-state index is 11.0. The highest BCUT2D eigenvalue weighted by Crippen LogP contribution is 2.26. The first-order valence-corrected chi connectivity index (χ1v) is 6.81. The van der Waals surface area contributed by atoms with Gasteiger partial charge in [-0.3, -0.25) is 0 Å². The molecule has 3 aromatic rings. The van der Waals surface area contributed by atoms with E-state index in [1.165, 1.54) is 0 Å². The summed E-state index contributed by atoms with van der Waals surface area (Å²) in [7, 11) is 1.92. The van der Waals surface area contributed by atoms with Gasteiger partial charge in [-0.15, -0.1) is 0 Å². The lowest BCUT2D eigenvalue weighted by molar-refractivity contribution is 0.0697. The van der Waals surface area contributed by atoms with E-state index >= 15 is 0 Å². The standard InChI is InChI=1S/C15H11BrN2O2/c1-18-13-6-5-10(15(19)20)8-12(13)17-14(18)9-3-2-4-11(16)7-9/h2-8H,1H3,(H,19,20). The van der Waals surface area contributed by atoms with Crippen molar-refractivity contribution >= 4 is 32.9 Å². The van der Waals surface area contributed by atoms with Crippen molar-refractivity contribution in [3.8, 4) is 11.4 Å². The van der Waals surface area contributed by atoms with Gasteiger partial charge in [0.05, 0.1) is 16.6 Å². The van der Waals surface area contributed by atoms with Gasteiger partial charge >= 0.3 is 5.97 Å². The highest BCUT2D eigenvalue weighted by Gasteiger charge is 2.12. The summed E-state index contributed by atoms with van der Waals surface area (Å²) in [5.41, 5.74) is 2.82. The fourth-order valence-electron chi connectivity index (χ4n) is 2.22. The molecule has 0 atom stereocenters. The van der Waals surface area contributed by atoms with Crippen molar-refractivity contribution in [2.24, 2.45) is 7.05 Å². The van der Waals surface area contributed by atoms with E-state index in [9.17, 15) is 4.79 Å². The van der Waals surface area contributed by atoms with Crippen LogP contribution < -0.4 is 0 Å². The average molecular weight is 331 g/mol. The van der Waals surface area contributed by atoms with Crippen LogP contribution in [0.3, 0.4) is 0 Å². The Morgan fingerprint density at radius 1 is 1.25 bits per heavy atom. The van der Waals surface area contributed by atoms with Gasteiger partial charge in [0.2, 0.25) is 0 Å². The van der Waals surface area contributed by atoms with Crippen molar-refractivity contribution in [2.45, 2.75) is 0 Å². The van der Waals surface area contributed by atoms with E-state index < -0.39 is 5.97 Å². The van der Waals surface area contributed by atoms with Crippen LogP contribution in [0.25, 0.3) is 22.4 Å². The molecule has 0 saturated carbocycles. The minimum absolute atomic E-state index is 0.247. The number of imidazole rings is 1. The Balaban J connectivity index is 2.22. The van der Waals surface area contributed by atoms with Crippen LogP contribution in [0.5, 0.6) is 0 Å². The van der Waals surface area contributed by atoms with Crippen LogP contribution in [-0.4, -0.2) is 20.6 Å². The number of aryl methyl sites for hydroxylation is 1. The number of nitrogens with zero attached hydrogens (tertiary/aromatic N) is 2. The highest BCUT2D eigenvalue weighted by atomic mass is 79.9. The van der Waals surface area contributed by atoms with E-state index in [-0.39, 0.29) is 5.56 Å². The molecule has 5 heteroatoms. The molecule has 0 amide bonds. The van der Waals surface area contributed by atoms with Crippen molar-refractivity contribution < 1.29 is 9.90 Å². The van der Waals surface area contributed by atoms with Crippen LogP contribution in [-0.2, 0) is 7.05 Å². The number of hydrogen-bond acceptors (Lipinski definition) is 2. The monoisotopic (exact) mass is 330 g/mol. The zero-order valence-corrected chi connectivity index (χ0v) is 12.3. The number of benzene rings is 2. The number of aromatic nitrogens is 2. The van der Waals surface area contributed by atoms with Crippen LogP contribution in [0.1, 0.15) is 10.4 Å². The molecule has 0 aliphatic rings. The van der Waals surface area contributed by atoms with Gasteiger partial charge in [0.1, 0.15) is 5.82 Å². The average Bonchev–Trinajstić information content (AvgIpc) is 2.75. The van der Waals surface area contributed by atoms with Gasteiger partial charge in [-0.2, -0.15) is 0 Å². The Bertz CT molecular complexity index is 824. The number of rotatable bonds is 2. The van der Waals surface area contributed by atoms with Gasteiger partial charge < -0.3 is 9.67 Å². The zero-order valence-electron chi connectivity index (χ0n) is 10.7. The molecule has 0 saturated heterocycles. The molecular formula is C15H11BrN2O2. The molecule has 1 N–H and O–H groups in total. The summed E-state index contributed by atoms with van der Waals surface area (Å²) in [4.78, 5) is 15.6. The van der Waals surface area contributed by atoms with Crippen molar-refractivity contribution in [1.29, 1.82) is 0 Å². The topological polar surface area (TPSA) is 55.1 Å². The summed E-state index contributed by atoms with van der Waals surface area (Å²) < 4.78 is 2.94. The summed E-state index contributed by atoms with van der Waals surface area (Å²) >= 11 is 3.44. The molecule has 100 valence electrons. The molecule has 1 heterocycles. The van der Waals surface area contributed by atoms with Gasteiger partial charge in [-0.05, 0) is 30.3 Å². The molecule has 0 bridgehead atoms. The maximum Gasteiger partial charge on any atom is 0.335 e. The van der Waals surface area contributed by atoms with Gasteiger partial charge in [-0.1, -0.05) is 28.1 Å². The van der Waals surface area contributed by atoms with Crippen molar-refractivity contribution in [3.05, 3.63) is 52.5 Å². The predicted molar refractivity (Wildman–Crippen MR) is 80.8 cm³/mol. The molecule has 2 aromatic carbocycles. The fraction of sp³-hybridized carbons (Fsp3) is 0.0667. The molecule has 0 fully saturated rings. The number of aromatic carboxylic acids is 1. The second-order valence-corrected chi connectivity index (χ2v) is 5.43. The molecule has 4 nitrogen and oxygen atoms in total. The largest absolute Gasteiger partial charge is 0.478 e. The van der Waals surface area contributed by atoms with Crippen LogP contribution in [0, 0.1) is 0 Å². The molecular weight excluding hydrogens is 320 g/mol. The second-order valence-electron chi connectivity index (χ2n) is 4.51. The summed E-state index contributed by atoms with van der Waals surface area (Å²) in [6, 6.07) is 12.8. The SMILES string of the molecule is Cn1c(-c2cccc(Br)c2)nc2cc(C(=O)O)ccc21. The molecule has 0 spiro atoms. The number of halogens is 1. The van der Waals surface area contributed by atoms with Crippen LogP contribution in [0.4, 0.5) is 0 Å². The van der Waals surface area contributed by atoms with E-state index in [0.29, 0.717) is 5.52 Å². The molecule has 0 unspecified atom stereocenters. The zero-order chi connectivity index (χ0) is 14.3. The smallest absolute Gasteiger partial charge is 0.335 e. The van der Waals surface area contributed by atoms with Gasteiger partial charge in [0, 0.05) is 17.1 Å². The fourth-order valence-corrected chi connectivity index (χ4v) is 2.62. The third-order valence-electron chi connectivity index (χ3n) is 3.21. The van der Waals surface area contributed by atoms with Gasteiger partial charge in [0.25, 0.3) is 0 Å². The van der Waals surface area contributed by atoms with Crippen LogP contribution in [0.2, 0.25) is 0 Å². The first kappa shape index (κ1) is 12.9. The molecule has 0 radical (unpaired) electrons. The lowest BCUT2D eigenvalue weighted by Crippen LogP contribution is -1.95. The van der Waals surface area contributed by atoms with E-state index in [1.807, 2.05) is 35.9 Å². The molecule has 3 rings (SSSR count). The highest BCUT2D eigenvalue weighted by molar-refractivity contribution is 9.10. The number of hydrogen-bond donors (Lipinski definition) is 1. The number of carboxylic acid groups (broad SMARTS) is 1. The Hall–Kier alpha value is -2.14. The van der Waals surface area contributed by atoms with Crippen LogP contribution >= 0.6 is 15.9 Å². The lowest BCUT2D eigenvalue weighted by atomic mass is 10.2. The molecule has 20 heavy (non-hydrogen) atoms. The minimum Gasteiger partial charge on any atom is -0.478 e. The predicted octanol–water partition coefficient (Wildman–Crippen LogP) is 3.70. The first-order chi connectivity index (χ1) is 9.56. The van der Waals surface area contributed by atoms with Crippen molar-refractivity contribution in [1.82, 2.24) is 9.55 Å². The summed E-state index contributed by atoms with van der Waals surface area (Å²) in [5, 5.41) is 9.03. The second kappa shape index (κ2) is 4.76. The molecule has 0 aliphatic carbocycles. The quantitative estimate of drug-likeness (QED) is 0.779. The van der Waals surface area contributed by atoms with E-state index in [4.69, 9.17) is 5.11 Å². The molecule has 1 aromatic heterocycles.